The molecular formula is C34H35N3O10. The lowest BCUT2D eigenvalue weighted by molar-refractivity contribution is -0.245. The fourth-order valence-corrected chi connectivity index (χ4v) is 6.56. The van der Waals surface area contributed by atoms with Gasteiger partial charge in [0.05, 0.1) is 47.8 Å². The van der Waals surface area contributed by atoms with Crippen molar-refractivity contribution in [2.24, 2.45) is 10.8 Å². The summed E-state index contributed by atoms with van der Waals surface area (Å²) in [6.07, 6.45) is -4.51. The van der Waals surface area contributed by atoms with Crippen LogP contribution in [0.25, 0.3) is 0 Å². The van der Waals surface area contributed by atoms with Gasteiger partial charge in [0.25, 0.3) is 5.91 Å². The summed E-state index contributed by atoms with van der Waals surface area (Å²) in [4.78, 5) is 40.4. The zero-order valence-corrected chi connectivity index (χ0v) is 25.9. The number of rotatable bonds is 6. The van der Waals surface area contributed by atoms with Crippen LogP contribution in [0.4, 0.5) is 0 Å². The van der Waals surface area contributed by atoms with Crippen molar-refractivity contribution < 1.29 is 49.0 Å². The number of ether oxygens (including phenoxy) is 3. The summed E-state index contributed by atoms with van der Waals surface area (Å²) in [6, 6.07) is 12.1. The van der Waals surface area contributed by atoms with Crippen molar-refractivity contribution in [3.8, 4) is 17.2 Å². The molecule has 6 atom stereocenters. The molecule has 6 rings (SSSR count). The third-order valence-electron chi connectivity index (χ3n) is 9.18. The first-order chi connectivity index (χ1) is 22.4. The van der Waals surface area contributed by atoms with E-state index in [0.29, 0.717) is 5.56 Å². The molecule has 13 heteroatoms. The number of phenolic OH excluding ortho intramolecular Hbond substituents is 2. The number of phenols is 2. The van der Waals surface area contributed by atoms with Gasteiger partial charge in [0.2, 0.25) is 5.78 Å². The van der Waals surface area contributed by atoms with Crippen LogP contribution in [0.5, 0.6) is 17.2 Å². The van der Waals surface area contributed by atoms with Crippen LogP contribution in [-0.4, -0.2) is 80.9 Å². The van der Waals surface area contributed by atoms with Crippen LogP contribution in [0.1, 0.15) is 86.1 Å². The lowest BCUT2D eigenvalue weighted by atomic mass is 9.71. The molecule has 3 aromatic carbocycles. The smallest absolute Gasteiger partial charge is 0.271 e. The molecule has 0 radical (unpaired) electrons. The molecule has 7 N–H and O–H groups in total. The van der Waals surface area contributed by atoms with Gasteiger partial charge in [0.1, 0.15) is 22.8 Å². The van der Waals surface area contributed by atoms with Gasteiger partial charge in [0, 0.05) is 47.6 Å². The summed E-state index contributed by atoms with van der Waals surface area (Å²) in [7, 11) is 1.34. The molecular weight excluding hydrogens is 610 g/mol. The fourth-order valence-electron chi connectivity index (χ4n) is 6.56. The topological polar surface area (TPSA) is 210 Å². The molecule has 1 amide bonds. The van der Waals surface area contributed by atoms with Gasteiger partial charge in [-0.15, -0.1) is 0 Å². The van der Waals surface area contributed by atoms with Crippen molar-refractivity contribution >= 4 is 23.2 Å². The molecule has 1 fully saturated rings. The lowest BCUT2D eigenvalue weighted by Gasteiger charge is -2.42. The zero-order chi connectivity index (χ0) is 33.8. The molecule has 0 bridgehead atoms. The number of methoxy groups -OCH3 is 1. The number of carbonyl (C=O) groups excluding carboxylic acids is 3. The molecule has 1 heterocycles. The molecule has 0 aromatic heterocycles. The van der Waals surface area contributed by atoms with Crippen molar-refractivity contribution in [2.75, 3.05) is 7.11 Å². The van der Waals surface area contributed by atoms with Crippen LogP contribution < -0.4 is 15.9 Å². The van der Waals surface area contributed by atoms with Crippen molar-refractivity contribution in [1.82, 2.24) is 5.43 Å². The van der Waals surface area contributed by atoms with Gasteiger partial charge < -0.3 is 40.4 Å². The van der Waals surface area contributed by atoms with Crippen molar-refractivity contribution in [3.05, 3.63) is 87.5 Å². The summed E-state index contributed by atoms with van der Waals surface area (Å²) >= 11 is 0. The van der Waals surface area contributed by atoms with Gasteiger partial charge >= 0.3 is 0 Å². The van der Waals surface area contributed by atoms with Crippen LogP contribution >= 0.6 is 0 Å². The predicted octanol–water partition coefficient (Wildman–Crippen LogP) is 2.25. The average molecular weight is 646 g/mol. The Bertz CT molecular complexity index is 1800. The number of aliphatic hydroxyl groups excluding tert-OH is 1. The lowest BCUT2D eigenvalue weighted by Crippen LogP contribution is -2.52. The fraction of sp³-hybridized carbons (Fsp3) is 0.353. The normalized spacial score (nSPS) is 27.0. The van der Waals surface area contributed by atoms with Gasteiger partial charge in [0.15, 0.2) is 12.1 Å². The Morgan fingerprint density at radius 3 is 2.43 bits per heavy atom. The Labute approximate surface area is 269 Å². The Balaban J connectivity index is 1.46. The molecule has 3 aliphatic rings. The Morgan fingerprint density at radius 2 is 1.74 bits per heavy atom. The van der Waals surface area contributed by atoms with Gasteiger partial charge in [-0.05, 0) is 32.0 Å². The SMILES string of the molecule is COc1cccc2c1C(=O)c1c(O)c3c(c(O)c1C2=O)C[C@@](O)(/C(C)=N\NC(=O)c1ccccc1)C[C@@H]3O[C@H]1C[C@H](N)[C@H](O)[C@H](C)O1. The summed E-state index contributed by atoms with van der Waals surface area (Å²) < 4.78 is 17.5. The van der Waals surface area contributed by atoms with E-state index in [1.54, 1.807) is 37.3 Å². The van der Waals surface area contributed by atoms with Crippen molar-refractivity contribution in [2.45, 2.75) is 69.4 Å². The first-order valence-corrected chi connectivity index (χ1v) is 15.1. The number of aromatic hydroxyl groups is 2. The van der Waals surface area contributed by atoms with Gasteiger partial charge in [-0.2, -0.15) is 5.10 Å². The van der Waals surface area contributed by atoms with E-state index in [0.717, 1.165) is 0 Å². The van der Waals surface area contributed by atoms with E-state index < -0.39 is 76.3 Å². The average Bonchev–Trinajstić information content (AvgIpc) is 3.06. The third-order valence-corrected chi connectivity index (χ3v) is 9.18. The maximum absolute atomic E-state index is 13.9. The van der Waals surface area contributed by atoms with Gasteiger partial charge in [-0.1, -0.05) is 30.3 Å². The molecule has 1 saturated heterocycles. The maximum Gasteiger partial charge on any atom is 0.271 e. The maximum atomic E-state index is 13.9. The molecule has 0 unspecified atom stereocenters. The Morgan fingerprint density at radius 1 is 1.04 bits per heavy atom. The Kier molecular flexibility index (Phi) is 8.36. The van der Waals surface area contributed by atoms with E-state index in [9.17, 15) is 34.8 Å². The number of hydrogen-bond donors (Lipinski definition) is 6. The summed E-state index contributed by atoms with van der Waals surface area (Å²) in [5, 5.41) is 50.0. The first kappa shape index (κ1) is 32.3. The number of fused-ring (bicyclic) bond motifs is 3. The number of nitrogens with one attached hydrogen (secondary N) is 1. The second kappa shape index (κ2) is 12.2. The molecule has 2 aliphatic carbocycles. The number of benzene rings is 3. The van der Waals surface area contributed by atoms with Gasteiger partial charge in [-0.25, -0.2) is 5.43 Å². The molecule has 1 aliphatic heterocycles. The van der Waals surface area contributed by atoms with Gasteiger partial charge in [-0.3, -0.25) is 14.4 Å². The van der Waals surface area contributed by atoms with Crippen LogP contribution in [0.15, 0.2) is 53.6 Å². The minimum absolute atomic E-state index is 0.0196. The molecule has 0 spiro atoms. The van der Waals surface area contributed by atoms with Crippen LogP contribution in [-0.2, 0) is 15.9 Å². The van der Waals surface area contributed by atoms with E-state index in [4.69, 9.17) is 19.9 Å². The third kappa shape index (κ3) is 5.45. The number of nitrogens with zero attached hydrogens (tertiary/aromatic N) is 1. The quantitative estimate of drug-likeness (QED) is 0.102. The molecule has 246 valence electrons. The highest BCUT2D eigenvalue weighted by Gasteiger charge is 2.49. The van der Waals surface area contributed by atoms with Crippen LogP contribution in [0.2, 0.25) is 0 Å². The second-order valence-corrected chi connectivity index (χ2v) is 12.1. The highest BCUT2D eigenvalue weighted by molar-refractivity contribution is 6.31. The van der Waals surface area contributed by atoms with E-state index in [1.165, 1.54) is 32.2 Å². The van der Waals surface area contributed by atoms with Crippen molar-refractivity contribution in [3.63, 3.8) is 0 Å². The number of hydrogen-bond acceptors (Lipinski definition) is 12. The summed E-state index contributed by atoms with van der Waals surface area (Å²) in [5.74, 6) is -3.08. The molecule has 47 heavy (non-hydrogen) atoms. The monoisotopic (exact) mass is 645 g/mol. The largest absolute Gasteiger partial charge is 0.507 e. The van der Waals surface area contributed by atoms with Crippen molar-refractivity contribution in [1.29, 1.82) is 0 Å². The second-order valence-electron chi connectivity index (χ2n) is 12.1. The number of hydrazone groups is 1. The summed E-state index contributed by atoms with van der Waals surface area (Å²) in [5.41, 5.74) is 6.04. The minimum Gasteiger partial charge on any atom is -0.507 e. The van der Waals surface area contributed by atoms with E-state index in [-0.39, 0.29) is 53.0 Å². The van der Waals surface area contributed by atoms with Crippen LogP contribution in [0.3, 0.4) is 0 Å². The standard InChI is InChI=1S/C34H35N3O10/c1-15-28(38)20(35)12-23(46-15)47-22-14-34(44,16(2)36-37-33(43)17-8-5-4-6-9-17)13-19-25(22)32(42)27-26(30(19)40)29(39)18-10-7-11-21(45-3)24(18)31(27)41/h4-11,15,20,22-23,28,38,40,42,44H,12-14,35H2,1-3H3,(H,37,43)/b36-16-/t15-,20-,22-,23-,28+,34-/m0/s1. The number of carbonyl (C=O) groups is 3. The highest BCUT2D eigenvalue weighted by Crippen LogP contribution is 2.52. The van der Waals surface area contributed by atoms with E-state index >= 15 is 0 Å². The number of amides is 1. The summed E-state index contributed by atoms with van der Waals surface area (Å²) in [6.45, 7) is 3.09. The highest BCUT2D eigenvalue weighted by atomic mass is 16.7. The molecule has 13 nitrogen and oxygen atoms in total. The molecule has 3 aromatic rings. The van der Waals surface area contributed by atoms with E-state index in [1.807, 2.05) is 0 Å². The van der Waals surface area contributed by atoms with E-state index in [2.05, 4.69) is 10.5 Å². The Hall–Kier alpha value is -4.66. The predicted molar refractivity (Wildman–Crippen MR) is 167 cm³/mol. The minimum atomic E-state index is -1.88. The molecule has 0 saturated carbocycles. The first-order valence-electron chi connectivity index (χ1n) is 15.1. The number of nitrogens with two attached hydrogens (primary N) is 1. The number of ketones is 2. The number of aliphatic hydroxyl groups is 2. The zero-order valence-electron chi connectivity index (χ0n) is 25.9. The van der Waals surface area contributed by atoms with Crippen LogP contribution in [0, 0.1) is 0 Å².